The summed E-state index contributed by atoms with van der Waals surface area (Å²) in [6.07, 6.45) is 7.25. The van der Waals surface area contributed by atoms with E-state index in [2.05, 4.69) is 9.71 Å². The van der Waals surface area contributed by atoms with E-state index in [1.54, 1.807) is 41.2 Å². The molecule has 0 radical (unpaired) electrons. The number of likely N-dealkylation sites (tertiary alicyclic amines) is 1. The minimum atomic E-state index is -3.62. The lowest BCUT2D eigenvalue weighted by atomic mass is 9.82. The van der Waals surface area contributed by atoms with Gasteiger partial charge < -0.3 is 14.2 Å². The average Bonchev–Trinajstić information content (AvgIpc) is 3.28. The number of aryl methyl sites for hydroxylation is 1. The molecule has 2 aromatic rings. The lowest BCUT2D eigenvalue weighted by molar-refractivity contribution is -0.0152. The van der Waals surface area contributed by atoms with Gasteiger partial charge in [0.1, 0.15) is 11.5 Å². The number of imidazole rings is 1. The molecular weight excluding hydrogens is 485 g/mol. The minimum absolute atomic E-state index is 0.0593. The first kappa shape index (κ1) is 26.7. The highest BCUT2D eigenvalue weighted by Crippen LogP contribution is 2.34. The average molecular weight is 522 g/mol. The van der Waals surface area contributed by atoms with Crippen molar-refractivity contribution in [1.29, 1.82) is 0 Å². The number of hydrogen-bond donors (Lipinski definition) is 1. The molecule has 4 rings (SSSR count). The fourth-order valence-electron chi connectivity index (χ4n) is 5.15. The van der Waals surface area contributed by atoms with Crippen LogP contribution in [0.15, 0.2) is 36.8 Å². The number of amides is 1. The number of rotatable bonds is 8. The van der Waals surface area contributed by atoms with Crippen LogP contribution < -0.4 is 4.72 Å². The molecule has 2 fully saturated rings. The van der Waals surface area contributed by atoms with Crippen molar-refractivity contribution >= 4 is 16.1 Å². The molecule has 2 atom stereocenters. The summed E-state index contributed by atoms with van der Waals surface area (Å²) in [5.41, 5.74) is 1.53. The topological polar surface area (TPSA) is 96.8 Å². The normalized spacial score (nSPS) is 25.3. The van der Waals surface area contributed by atoms with Gasteiger partial charge in [-0.2, -0.15) is 17.4 Å². The van der Waals surface area contributed by atoms with E-state index in [1.807, 2.05) is 6.07 Å². The summed E-state index contributed by atoms with van der Waals surface area (Å²) in [6.45, 7) is 1.19. The van der Waals surface area contributed by atoms with Crippen molar-refractivity contribution in [2.24, 2.45) is 13.0 Å². The van der Waals surface area contributed by atoms with Crippen LogP contribution in [0, 0.1) is 11.7 Å². The van der Waals surface area contributed by atoms with Gasteiger partial charge >= 0.3 is 0 Å². The minimum Gasteiger partial charge on any atom is -0.378 e. The molecule has 11 heteroatoms. The highest BCUT2D eigenvalue weighted by molar-refractivity contribution is 7.87. The summed E-state index contributed by atoms with van der Waals surface area (Å²) in [4.78, 5) is 18.9. The summed E-state index contributed by atoms with van der Waals surface area (Å²) >= 11 is 0. The molecule has 2 heterocycles. The van der Waals surface area contributed by atoms with E-state index in [0.717, 1.165) is 35.6 Å². The van der Waals surface area contributed by atoms with Gasteiger partial charge in [-0.05, 0) is 55.7 Å². The Balaban J connectivity index is 1.39. The number of nitrogens with zero attached hydrogens (tertiary/aromatic N) is 4. The Hall–Kier alpha value is -2.34. The van der Waals surface area contributed by atoms with Crippen LogP contribution in [0.3, 0.4) is 0 Å². The molecule has 1 saturated carbocycles. The van der Waals surface area contributed by atoms with Gasteiger partial charge in [-0.1, -0.05) is 12.1 Å². The third-order valence-electron chi connectivity index (χ3n) is 7.38. The van der Waals surface area contributed by atoms with Crippen molar-refractivity contribution < 1.29 is 22.3 Å². The second-order valence-electron chi connectivity index (χ2n) is 10.1. The van der Waals surface area contributed by atoms with Crippen LogP contribution in [0.4, 0.5) is 4.39 Å². The Morgan fingerprint density at radius 3 is 2.61 bits per heavy atom. The van der Waals surface area contributed by atoms with Crippen molar-refractivity contribution in [3.8, 4) is 0 Å². The molecule has 1 N–H and O–H groups in total. The first-order valence-corrected chi connectivity index (χ1v) is 13.9. The van der Waals surface area contributed by atoms with Gasteiger partial charge in [-0.25, -0.2) is 9.37 Å². The number of piperidine rings is 1. The van der Waals surface area contributed by atoms with Crippen molar-refractivity contribution in [1.82, 2.24) is 23.5 Å². The predicted octanol–water partition coefficient (Wildman–Crippen LogP) is 2.53. The van der Waals surface area contributed by atoms with Crippen LogP contribution >= 0.6 is 0 Å². The molecule has 1 saturated heterocycles. The third-order valence-corrected chi connectivity index (χ3v) is 8.94. The van der Waals surface area contributed by atoms with Crippen molar-refractivity contribution in [2.75, 3.05) is 33.8 Å². The number of halogens is 1. The second kappa shape index (κ2) is 11.4. The second-order valence-corrected chi connectivity index (χ2v) is 12.0. The molecule has 9 nitrogen and oxygen atoms in total. The number of aromatic nitrogens is 2. The smallest absolute Gasteiger partial charge is 0.279 e. The number of nitrogens with one attached hydrogen (secondary N) is 1. The Kier molecular flexibility index (Phi) is 8.44. The molecule has 36 heavy (non-hydrogen) atoms. The van der Waals surface area contributed by atoms with Crippen LogP contribution in [0.25, 0.3) is 0 Å². The van der Waals surface area contributed by atoms with Crippen LogP contribution in [0.2, 0.25) is 0 Å². The van der Waals surface area contributed by atoms with Crippen LogP contribution in [-0.4, -0.2) is 79.0 Å². The van der Waals surface area contributed by atoms with Gasteiger partial charge in [0, 0.05) is 46.2 Å². The van der Waals surface area contributed by atoms with Gasteiger partial charge in [0.25, 0.3) is 16.1 Å². The van der Waals surface area contributed by atoms with E-state index in [4.69, 9.17) is 4.74 Å². The Morgan fingerprint density at radius 2 is 1.97 bits per heavy atom. The molecule has 1 aliphatic heterocycles. The van der Waals surface area contributed by atoms with Gasteiger partial charge in [0.15, 0.2) is 0 Å². The van der Waals surface area contributed by atoms with E-state index >= 15 is 0 Å². The van der Waals surface area contributed by atoms with Crippen LogP contribution in [-0.2, 0) is 22.0 Å². The Labute approximate surface area is 212 Å². The summed E-state index contributed by atoms with van der Waals surface area (Å²) in [5.74, 6) is -0.197. The van der Waals surface area contributed by atoms with E-state index in [1.165, 1.54) is 20.2 Å². The summed E-state index contributed by atoms with van der Waals surface area (Å²) in [6, 6.07) is 6.47. The predicted molar refractivity (Wildman–Crippen MR) is 134 cm³/mol. The van der Waals surface area contributed by atoms with Crippen molar-refractivity contribution in [3.63, 3.8) is 0 Å². The quantitative estimate of drug-likeness (QED) is 0.576. The Bertz CT molecular complexity index is 1150. The van der Waals surface area contributed by atoms with E-state index < -0.39 is 10.2 Å². The largest absolute Gasteiger partial charge is 0.378 e. The molecule has 0 unspecified atom stereocenters. The highest BCUT2D eigenvalue weighted by atomic mass is 32.2. The van der Waals surface area contributed by atoms with Crippen LogP contribution in [0.1, 0.15) is 54.1 Å². The maximum absolute atomic E-state index is 13.6. The number of ether oxygens (including phenoxy) is 1. The molecule has 198 valence electrons. The lowest BCUT2D eigenvalue weighted by Gasteiger charge is -2.40. The van der Waals surface area contributed by atoms with Crippen LogP contribution in [0.5, 0.6) is 0 Å². The van der Waals surface area contributed by atoms with Gasteiger partial charge in [-0.15, -0.1) is 0 Å². The summed E-state index contributed by atoms with van der Waals surface area (Å²) in [7, 11) is 1.14. The molecule has 1 amide bonds. The summed E-state index contributed by atoms with van der Waals surface area (Å²) < 4.78 is 50.7. The van der Waals surface area contributed by atoms with E-state index in [0.29, 0.717) is 37.7 Å². The number of benzene rings is 1. The van der Waals surface area contributed by atoms with Crippen molar-refractivity contribution in [3.05, 3.63) is 53.9 Å². The van der Waals surface area contributed by atoms with Gasteiger partial charge in [-0.3, -0.25) is 4.79 Å². The fraction of sp³-hybridized carbons (Fsp3) is 0.600. The zero-order valence-corrected chi connectivity index (χ0v) is 22.0. The molecule has 1 aromatic carbocycles. The van der Waals surface area contributed by atoms with Crippen molar-refractivity contribution in [2.45, 2.75) is 50.2 Å². The summed E-state index contributed by atoms with van der Waals surface area (Å²) in [5, 5.41) is 0. The maximum Gasteiger partial charge on any atom is 0.279 e. The molecule has 0 spiro atoms. The SMILES string of the molecule is CN(C)S(=O)(=O)N[C@H]1CCN(C(=O)c2cncn2C)C[C@H]1COC1CCC(c2cccc(F)c2)CC1. The molecule has 0 bridgehead atoms. The molecular formula is C25H36FN5O4S. The number of carbonyl (C=O) groups excluding carboxylic acids is 1. The molecule has 1 aliphatic carbocycles. The first-order chi connectivity index (χ1) is 17.1. The van der Waals surface area contributed by atoms with Gasteiger partial charge in [0.05, 0.1) is 25.2 Å². The van der Waals surface area contributed by atoms with E-state index in [9.17, 15) is 17.6 Å². The first-order valence-electron chi connectivity index (χ1n) is 12.5. The third kappa shape index (κ3) is 6.31. The number of carbonyl (C=O) groups is 1. The maximum atomic E-state index is 13.6. The zero-order valence-electron chi connectivity index (χ0n) is 21.1. The standard InChI is InChI=1S/C25H36FN5O4S/c1-29(2)36(33,34)28-23-11-12-31(25(32)24-14-27-17-30(24)3)15-20(23)16-35-22-9-7-18(8-10-22)19-5-4-6-21(26)13-19/h4-6,13-14,17-18,20,22-23,28H,7-12,15-16H2,1-3H3/t18?,20-,22?,23-/m0/s1. The fourth-order valence-corrected chi connectivity index (χ4v) is 6.05. The monoisotopic (exact) mass is 521 g/mol. The Morgan fingerprint density at radius 1 is 1.22 bits per heavy atom. The number of hydrogen-bond acceptors (Lipinski definition) is 5. The van der Waals surface area contributed by atoms with E-state index in [-0.39, 0.29) is 29.8 Å². The zero-order chi connectivity index (χ0) is 25.9. The highest BCUT2D eigenvalue weighted by Gasteiger charge is 2.36. The molecule has 2 aliphatic rings. The lowest BCUT2D eigenvalue weighted by Crippen LogP contribution is -2.55. The van der Waals surface area contributed by atoms with Gasteiger partial charge in [0.2, 0.25) is 0 Å². The molecule has 1 aromatic heterocycles.